The van der Waals surface area contributed by atoms with Crippen LogP contribution in [0, 0.1) is 0 Å². The highest BCUT2D eigenvalue weighted by molar-refractivity contribution is 7.14. The second kappa shape index (κ2) is 8.89. The number of hydrogen-bond acceptors (Lipinski definition) is 4. The molecular weight excluding hydrogens is 375 g/mol. The molecule has 1 aromatic carbocycles. The zero-order valence-corrected chi connectivity index (χ0v) is 16.3. The third-order valence-corrected chi connectivity index (χ3v) is 5.12. The van der Waals surface area contributed by atoms with Crippen LogP contribution >= 0.6 is 11.3 Å². The topological polar surface area (TPSA) is 52.3 Å². The van der Waals surface area contributed by atoms with E-state index in [0.717, 1.165) is 29.9 Å². The number of thiophene rings is 1. The van der Waals surface area contributed by atoms with Crippen molar-refractivity contribution in [3.63, 3.8) is 0 Å². The summed E-state index contributed by atoms with van der Waals surface area (Å²) in [6, 6.07) is 8.51. The lowest BCUT2D eigenvalue weighted by Crippen LogP contribution is -2.32. The first-order valence-corrected chi connectivity index (χ1v) is 9.57. The van der Waals surface area contributed by atoms with Crippen LogP contribution in [0.1, 0.15) is 53.2 Å². The van der Waals surface area contributed by atoms with E-state index in [1.54, 1.807) is 0 Å². The van der Waals surface area contributed by atoms with Gasteiger partial charge in [0.25, 0.3) is 0 Å². The quantitative estimate of drug-likeness (QED) is 0.449. The van der Waals surface area contributed by atoms with Crippen molar-refractivity contribution in [3.05, 3.63) is 51.7 Å². The zero-order chi connectivity index (χ0) is 20.1. The number of nitrogens with two attached hydrogens (primary N) is 1. The molecule has 2 N–H and O–H groups in total. The number of alkyl halides is 3. The van der Waals surface area contributed by atoms with Gasteiger partial charge in [0.1, 0.15) is 5.75 Å². The van der Waals surface area contributed by atoms with E-state index in [-0.39, 0.29) is 23.7 Å². The average Bonchev–Trinajstić information content (AvgIpc) is 3.05. The fourth-order valence-electron chi connectivity index (χ4n) is 2.42. The van der Waals surface area contributed by atoms with Gasteiger partial charge in [-0.2, -0.15) is 13.2 Å². The highest BCUT2D eigenvalue weighted by Gasteiger charge is 2.30. The summed E-state index contributed by atoms with van der Waals surface area (Å²) in [4.78, 5) is 14.1. The van der Waals surface area contributed by atoms with Crippen LogP contribution in [-0.4, -0.2) is 17.9 Å². The summed E-state index contributed by atoms with van der Waals surface area (Å²) in [6.45, 7) is 4.13. The lowest BCUT2D eigenvalue weighted by molar-refractivity contribution is -0.137. The van der Waals surface area contributed by atoms with E-state index < -0.39 is 11.7 Å². The Morgan fingerprint density at radius 3 is 2.59 bits per heavy atom. The Kier molecular flexibility index (Phi) is 7.06. The smallest absolute Gasteiger partial charge is 0.416 e. The molecule has 0 atom stereocenters. The number of Topliss-reactive ketones (excluding diaryl/α,β-unsaturated/α-hetero) is 1. The van der Waals surface area contributed by atoms with Gasteiger partial charge in [0.2, 0.25) is 0 Å². The van der Waals surface area contributed by atoms with Gasteiger partial charge in [-0.3, -0.25) is 4.79 Å². The van der Waals surface area contributed by atoms with E-state index in [9.17, 15) is 18.0 Å². The fourth-order valence-corrected chi connectivity index (χ4v) is 3.39. The van der Waals surface area contributed by atoms with Crippen LogP contribution in [0.2, 0.25) is 0 Å². The van der Waals surface area contributed by atoms with Crippen molar-refractivity contribution >= 4 is 17.1 Å². The Labute approximate surface area is 161 Å². The lowest BCUT2D eigenvalue weighted by Gasteiger charge is -2.17. The monoisotopic (exact) mass is 399 g/mol. The van der Waals surface area contributed by atoms with Crippen LogP contribution in [0.25, 0.3) is 0 Å². The van der Waals surface area contributed by atoms with Crippen LogP contribution in [0.15, 0.2) is 36.4 Å². The minimum absolute atomic E-state index is 0.0194. The lowest BCUT2D eigenvalue weighted by atomic mass is 10.00. The van der Waals surface area contributed by atoms with Crippen LogP contribution in [-0.2, 0) is 12.6 Å². The van der Waals surface area contributed by atoms with Gasteiger partial charge in [-0.1, -0.05) is 6.07 Å². The number of aryl methyl sites for hydroxylation is 1. The Hall–Kier alpha value is -1.86. The molecule has 148 valence electrons. The maximum absolute atomic E-state index is 12.7. The Balaban J connectivity index is 1.77. The first kappa shape index (κ1) is 21.4. The van der Waals surface area contributed by atoms with Crippen molar-refractivity contribution in [2.24, 2.45) is 5.73 Å². The summed E-state index contributed by atoms with van der Waals surface area (Å²) in [6.07, 6.45) is -1.99. The molecule has 0 saturated heterocycles. The third-order valence-electron chi connectivity index (χ3n) is 3.93. The van der Waals surface area contributed by atoms with Gasteiger partial charge in [0, 0.05) is 16.8 Å². The number of hydrogen-bond donors (Lipinski definition) is 1. The molecule has 0 radical (unpaired) electrons. The Bertz CT molecular complexity index is 763. The van der Waals surface area contributed by atoms with Crippen LogP contribution in [0.5, 0.6) is 5.75 Å². The zero-order valence-electron chi connectivity index (χ0n) is 15.4. The van der Waals surface area contributed by atoms with E-state index in [0.29, 0.717) is 17.7 Å². The van der Waals surface area contributed by atoms with Crippen LogP contribution in [0.3, 0.4) is 0 Å². The molecule has 0 fully saturated rings. The minimum atomic E-state index is -4.40. The van der Waals surface area contributed by atoms with E-state index >= 15 is 0 Å². The number of carbonyl (C=O) groups excluding carboxylic acids is 1. The van der Waals surface area contributed by atoms with Crippen LogP contribution in [0.4, 0.5) is 13.2 Å². The maximum Gasteiger partial charge on any atom is 0.416 e. The number of rotatable bonds is 9. The molecule has 0 bridgehead atoms. The molecule has 0 aliphatic rings. The van der Waals surface area contributed by atoms with Gasteiger partial charge in [0.15, 0.2) is 5.78 Å². The second-order valence-corrected chi connectivity index (χ2v) is 8.32. The summed E-state index contributed by atoms with van der Waals surface area (Å²) >= 11 is 1.47. The molecule has 0 spiro atoms. The predicted molar refractivity (Wildman–Crippen MR) is 101 cm³/mol. The average molecular weight is 399 g/mol. The normalized spacial score (nSPS) is 12.2. The summed E-state index contributed by atoms with van der Waals surface area (Å²) < 4.78 is 43.3. The van der Waals surface area contributed by atoms with Gasteiger partial charge in [-0.25, -0.2) is 0 Å². The number of benzene rings is 1. The van der Waals surface area contributed by atoms with E-state index in [1.807, 2.05) is 26.0 Å². The second-order valence-electron chi connectivity index (χ2n) is 7.16. The van der Waals surface area contributed by atoms with E-state index in [2.05, 4.69) is 0 Å². The van der Waals surface area contributed by atoms with Crippen molar-refractivity contribution in [1.82, 2.24) is 0 Å². The Morgan fingerprint density at radius 1 is 1.19 bits per heavy atom. The molecule has 0 aliphatic heterocycles. The summed E-state index contributed by atoms with van der Waals surface area (Å²) in [7, 11) is 0. The van der Waals surface area contributed by atoms with Crippen LogP contribution < -0.4 is 10.5 Å². The molecule has 0 saturated carbocycles. The van der Waals surface area contributed by atoms with E-state index in [1.165, 1.54) is 23.5 Å². The third kappa shape index (κ3) is 7.34. The fraction of sp³-hybridized carbons (Fsp3) is 0.450. The summed E-state index contributed by atoms with van der Waals surface area (Å²) in [5, 5.41) is 0. The number of halogens is 3. The van der Waals surface area contributed by atoms with Crippen molar-refractivity contribution in [2.45, 2.75) is 51.2 Å². The first-order chi connectivity index (χ1) is 12.5. The van der Waals surface area contributed by atoms with E-state index in [4.69, 9.17) is 10.5 Å². The summed E-state index contributed by atoms with van der Waals surface area (Å²) in [5.41, 5.74) is 4.98. The molecule has 1 aromatic heterocycles. The molecule has 0 aliphatic carbocycles. The Morgan fingerprint density at radius 2 is 1.93 bits per heavy atom. The van der Waals surface area contributed by atoms with Crippen molar-refractivity contribution in [2.75, 3.05) is 6.61 Å². The SMILES string of the molecule is CC(C)(N)CCc1ccc(C(=O)CCCOc2cccc(C(F)(F)F)c2)s1. The van der Waals surface area contributed by atoms with Gasteiger partial charge in [0.05, 0.1) is 17.0 Å². The number of ketones is 1. The van der Waals surface area contributed by atoms with Gasteiger partial charge < -0.3 is 10.5 Å². The molecule has 2 rings (SSSR count). The van der Waals surface area contributed by atoms with Crippen molar-refractivity contribution < 1.29 is 22.7 Å². The molecular formula is C20H24F3NO2S. The van der Waals surface area contributed by atoms with Crippen molar-refractivity contribution in [1.29, 1.82) is 0 Å². The molecule has 0 amide bonds. The molecule has 7 heteroatoms. The highest BCUT2D eigenvalue weighted by atomic mass is 32.1. The van der Waals surface area contributed by atoms with Gasteiger partial charge in [-0.05, 0) is 63.4 Å². The van der Waals surface area contributed by atoms with Crippen molar-refractivity contribution in [3.8, 4) is 5.75 Å². The number of carbonyl (C=O) groups is 1. The highest BCUT2D eigenvalue weighted by Crippen LogP contribution is 2.31. The largest absolute Gasteiger partial charge is 0.494 e. The standard InChI is InChI=1S/C20H24F3NO2S/c1-19(2,24)11-10-16-8-9-18(27-16)17(25)7-4-12-26-15-6-3-5-14(13-15)20(21,22)23/h3,5-6,8-9,13H,4,7,10-12,24H2,1-2H3. The maximum atomic E-state index is 12.7. The molecule has 27 heavy (non-hydrogen) atoms. The molecule has 2 aromatic rings. The molecule has 3 nitrogen and oxygen atoms in total. The number of ether oxygens (including phenoxy) is 1. The van der Waals surface area contributed by atoms with Gasteiger partial charge in [-0.15, -0.1) is 11.3 Å². The first-order valence-electron chi connectivity index (χ1n) is 8.75. The molecule has 1 heterocycles. The summed E-state index contributed by atoms with van der Waals surface area (Å²) in [5.74, 6) is 0.172. The minimum Gasteiger partial charge on any atom is -0.494 e. The molecule has 0 unspecified atom stereocenters. The van der Waals surface area contributed by atoms with Gasteiger partial charge >= 0.3 is 6.18 Å². The predicted octanol–water partition coefficient (Wildman–Crippen LogP) is 5.48.